The molecule has 40 heavy (non-hydrogen) atoms. The molecule has 0 bridgehead atoms. The number of aromatic nitrogens is 2. The molecule has 0 aliphatic rings. The number of hydrogen-bond acceptors (Lipinski definition) is 0. The summed E-state index contributed by atoms with van der Waals surface area (Å²) in [5, 5.41) is 10.1. The third-order valence-corrected chi connectivity index (χ3v) is 8.47. The van der Waals surface area contributed by atoms with Crippen molar-refractivity contribution in [2.45, 2.75) is 0 Å². The SMILES string of the molecule is c1ccc(-n2c3ccccc3c3ccc4c5ccccc5n(-c5ccc6ccc7ccccc7c6c5)c4c32)cc1. The summed E-state index contributed by atoms with van der Waals surface area (Å²) in [6.45, 7) is 0. The quantitative estimate of drug-likeness (QED) is 0.206. The Hall–Kier alpha value is -5.34. The Morgan fingerprint density at radius 1 is 0.300 bits per heavy atom. The molecule has 0 aliphatic carbocycles. The number of para-hydroxylation sites is 3. The van der Waals surface area contributed by atoms with Crippen molar-refractivity contribution < 1.29 is 0 Å². The van der Waals surface area contributed by atoms with Crippen LogP contribution in [0, 0.1) is 0 Å². The van der Waals surface area contributed by atoms with Gasteiger partial charge in [-0.15, -0.1) is 0 Å². The van der Waals surface area contributed by atoms with Gasteiger partial charge < -0.3 is 9.13 Å². The summed E-state index contributed by atoms with van der Waals surface area (Å²) in [7, 11) is 0. The van der Waals surface area contributed by atoms with E-state index >= 15 is 0 Å². The Labute approximate surface area is 230 Å². The molecule has 0 unspecified atom stereocenters. The maximum Gasteiger partial charge on any atom is 0.0788 e. The van der Waals surface area contributed by atoms with Crippen molar-refractivity contribution in [2.24, 2.45) is 0 Å². The van der Waals surface area contributed by atoms with E-state index in [4.69, 9.17) is 0 Å². The molecule has 0 saturated carbocycles. The van der Waals surface area contributed by atoms with Crippen molar-refractivity contribution in [1.82, 2.24) is 9.13 Å². The van der Waals surface area contributed by atoms with Crippen molar-refractivity contribution in [3.05, 3.63) is 146 Å². The van der Waals surface area contributed by atoms with Gasteiger partial charge in [0.05, 0.1) is 22.1 Å². The second-order valence-corrected chi connectivity index (χ2v) is 10.6. The lowest BCUT2D eigenvalue weighted by Gasteiger charge is -2.13. The maximum absolute atomic E-state index is 2.48. The standard InChI is InChI=1S/C38H24N2/c1-2-11-27(12-3-1)39-35-16-8-6-14-30(35)32-22-23-33-31-15-7-9-17-36(31)40(38(33)37(32)39)28-21-20-26-19-18-25-10-4-5-13-29(25)34(26)24-28/h1-24H. The topological polar surface area (TPSA) is 9.86 Å². The van der Waals surface area contributed by atoms with E-state index in [-0.39, 0.29) is 0 Å². The lowest BCUT2D eigenvalue weighted by Crippen LogP contribution is -1.98. The van der Waals surface area contributed by atoms with Gasteiger partial charge in [-0.2, -0.15) is 0 Å². The molecule has 9 rings (SSSR count). The normalized spacial score (nSPS) is 12.0. The third-order valence-electron chi connectivity index (χ3n) is 8.47. The van der Waals surface area contributed by atoms with E-state index in [9.17, 15) is 0 Å². The molecule has 2 heteroatoms. The minimum Gasteiger partial charge on any atom is -0.307 e. The second-order valence-electron chi connectivity index (χ2n) is 10.6. The van der Waals surface area contributed by atoms with Gasteiger partial charge in [0, 0.05) is 32.9 Å². The van der Waals surface area contributed by atoms with Crippen molar-refractivity contribution in [3.63, 3.8) is 0 Å². The number of rotatable bonds is 2. The van der Waals surface area contributed by atoms with E-state index in [1.54, 1.807) is 0 Å². The highest BCUT2D eigenvalue weighted by atomic mass is 15.0. The Kier molecular flexibility index (Phi) is 4.36. The van der Waals surface area contributed by atoms with E-state index in [2.05, 4.69) is 155 Å². The van der Waals surface area contributed by atoms with Crippen LogP contribution in [-0.4, -0.2) is 9.13 Å². The first-order chi connectivity index (χ1) is 19.9. The fourth-order valence-electron chi connectivity index (χ4n) is 6.74. The van der Waals surface area contributed by atoms with Gasteiger partial charge in [-0.25, -0.2) is 0 Å². The van der Waals surface area contributed by atoms with Crippen molar-refractivity contribution in [1.29, 1.82) is 0 Å². The predicted octanol–water partition coefficient (Wildman–Crippen LogP) is 10.2. The molecule has 0 spiro atoms. The monoisotopic (exact) mass is 508 g/mol. The summed E-state index contributed by atoms with van der Waals surface area (Å²) >= 11 is 0. The molecule has 186 valence electrons. The van der Waals surface area contributed by atoms with Gasteiger partial charge in [0.2, 0.25) is 0 Å². The van der Waals surface area contributed by atoms with Gasteiger partial charge in [-0.1, -0.05) is 109 Å². The van der Waals surface area contributed by atoms with Crippen LogP contribution in [0.25, 0.3) is 76.5 Å². The van der Waals surface area contributed by atoms with Crippen LogP contribution in [0.3, 0.4) is 0 Å². The van der Waals surface area contributed by atoms with Crippen LogP contribution in [-0.2, 0) is 0 Å². The van der Waals surface area contributed by atoms with Gasteiger partial charge in [-0.05, 0) is 57.9 Å². The molecule has 0 aliphatic heterocycles. The lowest BCUT2D eigenvalue weighted by atomic mass is 10.0. The van der Waals surface area contributed by atoms with Crippen LogP contribution in [0.15, 0.2) is 146 Å². The average Bonchev–Trinajstić information content (AvgIpc) is 3.54. The van der Waals surface area contributed by atoms with Crippen LogP contribution in [0.4, 0.5) is 0 Å². The minimum absolute atomic E-state index is 1.17. The van der Waals surface area contributed by atoms with Crippen LogP contribution in [0.5, 0.6) is 0 Å². The Balaban J connectivity index is 1.51. The number of nitrogens with zero attached hydrogens (tertiary/aromatic N) is 2. The van der Waals surface area contributed by atoms with E-state index in [1.165, 1.54) is 76.5 Å². The summed E-state index contributed by atoms with van der Waals surface area (Å²) < 4.78 is 4.92. The highest BCUT2D eigenvalue weighted by Gasteiger charge is 2.21. The van der Waals surface area contributed by atoms with Crippen molar-refractivity contribution in [3.8, 4) is 11.4 Å². The van der Waals surface area contributed by atoms with E-state index < -0.39 is 0 Å². The average molecular weight is 509 g/mol. The summed E-state index contributed by atoms with van der Waals surface area (Å²) in [6, 6.07) is 53.0. The molecule has 0 saturated heterocycles. The molecule has 0 atom stereocenters. The number of benzene rings is 7. The zero-order valence-electron chi connectivity index (χ0n) is 21.8. The smallest absolute Gasteiger partial charge is 0.0788 e. The predicted molar refractivity (Wildman–Crippen MR) is 170 cm³/mol. The Bertz CT molecular complexity index is 2420. The highest BCUT2D eigenvalue weighted by Crippen LogP contribution is 2.42. The Morgan fingerprint density at radius 3 is 1.48 bits per heavy atom. The van der Waals surface area contributed by atoms with E-state index in [0.29, 0.717) is 0 Å². The molecule has 9 aromatic rings. The van der Waals surface area contributed by atoms with Gasteiger partial charge >= 0.3 is 0 Å². The molecule has 7 aromatic carbocycles. The zero-order valence-corrected chi connectivity index (χ0v) is 21.8. The van der Waals surface area contributed by atoms with Crippen molar-refractivity contribution in [2.75, 3.05) is 0 Å². The maximum atomic E-state index is 2.48. The molecule has 0 radical (unpaired) electrons. The third kappa shape index (κ3) is 2.88. The molecule has 2 nitrogen and oxygen atoms in total. The van der Waals surface area contributed by atoms with Crippen LogP contribution < -0.4 is 0 Å². The van der Waals surface area contributed by atoms with Gasteiger partial charge in [0.25, 0.3) is 0 Å². The largest absolute Gasteiger partial charge is 0.307 e. The highest BCUT2D eigenvalue weighted by molar-refractivity contribution is 6.24. The Morgan fingerprint density at radius 2 is 0.800 bits per heavy atom. The first kappa shape index (κ1) is 21.6. The van der Waals surface area contributed by atoms with Crippen molar-refractivity contribution >= 4 is 65.2 Å². The fraction of sp³-hybridized carbons (Fsp3) is 0. The fourth-order valence-corrected chi connectivity index (χ4v) is 6.74. The summed E-state index contributed by atoms with van der Waals surface area (Å²) in [4.78, 5) is 0. The lowest BCUT2D eigenvalue weighted by molar-refractivity contribution is 1.15. The first-order valence-electron chi connectivity index (χ1n) is 13.8. The molecule has 2 aromatic heterocycles. The van der Waals surface area contributed by atoms with E-state index in [1.807, 2.05) is 0 Å². The molecule has 2 heterocycles. The molecule has 0 fully saturated rings. The number of hydrogen-bond donors (Lipinski definition) is 0. The number of fused-ring (bicyclic) bond motifs is 10. The summed E-state index contributed by atoms with van der Waals surface area (Å²) in [6.07, 6.45) is 0. The van der Waals surface area contributed by atoms with Crippen LogP contribution >= 0.6 is 0 Å². The first-order valence-corrected chi connectivity index (χ1v) is 13.8. The van der Waals surface area contributed by atoms with Gasteiger partial charge in [0.1, 0.15) is 0 Å². The zero-order chi connectivity index (χ0) is 26.2. The molecule has 0 N–H and O–H groups in total. The minimum atomic E-state index is 1.17. The van der Waals surface area contributed by atoms with Crippen LogP contribution in [0.2, 0.25) is 0 Å². The van der Waals surface area contributed by atoms with Gasteiger partial charge in [0.15, 0.2) is 0 Å². The molecule has 0 amide bonds. The summed E-state index contributed by atoms with van der Waals surface area (Å²) in [5.74, 6) is 0. The van der Waals surface area contributed by atoms with Crippen LogP contribution in [0.1, 0.15) is 0 Å². The molecular weight excluding hydrogens is 484 g/mol. The van der Waals surface area contributed by atoms with Gasteiger partial charge in [-0.3, -0.25) is 0 Å². The van der Waals surface area contributed by atoms with E-state index in [0.717, 1.165) is 0 Å². The molecular formula is C38H24N2. The summed E-state index contributed by atoms with van der Waals surface area (Å²) in [5.41, 5.74) is 7.25. The second kappa shape index (κ2) is 8.08.